The van der Waals surface area contributed by atoms with E-state index in [1.54, 1.807) is 0 Å². The quantitative estimate of drug-likeness (QED) is 0.435. The van der Waals surface area contributed by atoms with Crippen LogP contribution in [0.4, 0.5) is 0 Å². The van der Waals surface area contributed by atoms with Crippen molar-refractivity contribution in [2.24, 2.45) is 0 Å². The smallest absolute Gasteiger partial charge is 0.198 e. The molecule has 0 N–H and O–H groups in total. The predicted octanol–water partition coefficient (Wildman–Crippen LogP) is 2.87. The second-order valence-corrected chi connectivity index (χ2v) is 3.98. The van der Waals surface area contributed by atoms with Crippen molar-refractivity contribution in [2.45, 2.75) is 26.2 Å². The number of halogens is 1. The number of thioether (sulfide) groups is 1. The molecule has 0 aliphatic heterocycles. The summed E-state index contributed by atoms with van der Waals surface area (Å²) in [6.45, 7) is 2.17. The fraction of sp³-hybridized carbons (Fsp3) is 0.857. The lowest BCUT2D eigenvalue weighted by atomic mass is 10.3. The summed E-state index contributed by atoms with van der Waals surface area (Å²) in [6.07, 6.45) is 3.67. The van der Waals surface area contributed by atoms with Gasteiger partial charge in [0.15, 0.2) is 5.12 Å². The Labute approximate surface area is 80.5 Å². The van der Waals surface area contributed by atoms with Gasteiger partial charge in [0.25, 0.3) is 0 Å². The Hall–Kier alpha value is 0.750. The molecule has 0 spiro atoms. The van der Waals surface area contributed by atoms with Gasteiger partial charge in [-0.3, -0.25) is 4.79 Å². The van der Waals surface area contributed by atoms with Crippen molar-refractivity contribution in [3.8, 4) is 0 Å². The lowest BCUT2D eigenvalue weighted by Gasteiger charge is -1.95. The van der Waals surface area contributed by atoms with E-state index in [1.165, 1.54) is 31.0 Å². The number of carbonyl (C=O) groups excluding carboxylic acids is 1. The summed E-state index contributed by atoms with van der Waals surface area (Å²) in [4.78, 5) is 10.7. The second kappa shape index (κ2) is 7.85. The monoisotopic (exact) mass is 272 g/mol. The molecular weight excluding hydrogens is 259 g/mol. The summed E-state index contributed by atoms with van der Waals surface area (Å²) in [5, 5.41) is 0.316. The number of unbranched alkanes of at least 4 members (excludes halogenated alkanes) is 2. The van der Waals surface area contributed by atoms with E-state index in [0.717, 1.165) is 5.75 Å². The average molecular weight is 272 g/mol. The minimum atomic E-state index is 0.316. The van der Waals surface area contributed by atoms with Crippen LogP contribution in [-0.4, -0.2) is 15.3 Å². The van der Waals surface area contributed by atoms with Crippen LogP contribution in [0, 0.1) is 0 Å². The lowest BCUT2D eigenvalue weighted by molar-refractivity contribution is -0.108. The largest absolute Gasteiger partial charge is 0.286 e. The van der Waals surface area contributed by atoms with Crippen LogP contribution in [0.1, 0.15) is 26.2 Å². The highest BCUT2D eigenvalue weighted by molar-refractivity contribution is 14.1. The molecule has 10 heavy (non-hydrogen) atoms. The van der Waals surface area contributed by atoms with Crippen molar-refractivity contribution in [1.82, 2.24) is 0 Å². The third-order valence-corrected chi connectivity index (χ3v) is 3.29. The number of carbonyl (C=O) groups is 1. The van der Waals surface area contributed by atoms with E-state index < -0.39 is 0 Å². The molecule has 0 saturated heterocycles. The number of hydrogen-bond donors (Lipinski definition) is 0. The molecule has 0 aliphatic carbocycles. The van der Waals surface area contributed by atoms with Crippen LogP contribution in [0.25, 0.3) is 0 Å². The molecule has 0 heterocycles. The van der Waals surface area contributed by atoms with Crippen LogP contribution in [0.2, 0.25) is 0 Å². The lowest BCUT2D eigenvalue weighted by Crippen LogP contribution is -1.93. The van der Waals surface area contributed by atoms with Gasteiger partial charge in [-0.25, -0.2) is 0 Å². The SMILES string of the molecule is CCCCCSC(=O)CI. The molecule has 0 fully saturated rings. The molecule has 0 aromatic carbocycles. The summed E-state index contributed by atoms with van der Waals surface area (Å²) in [7, 11) is 0. The van der Waals surface area contributed by atoms with Crippen molar-refractivity contribution in [1.29, 1.82) is 0 Å². The zero-order chi connectivity index (χ0) is 7.82. The maximum absolute atomic E-state index is 10.7. The van der Waals surface area contributed by atoms with Crippen LogP contribution < -0.4 is 0 Å². The van der Waals surface area contributed by atoms with Gasteiger partial charge in [-0.15, -0.1) is 0 Å². The van der Waals surface area contributed by atoms with Gasteiger partial charge in [0.05, 0.1) is 4.43 Å². The summed E-state index contributed by atoms with van der Waals surface area (Å²) in [6, 6.07) is 0. The van der Waals surface area contributed by atoms with Crippen molar-refractivity contribution < 1.29 is 4.79 Å². The van der Waals surface area contributed by atoms with Gasteiger partial charge in [-0.2, -0.15) is 0 Å². The highest BCUT2D eigenvalue weighted by Gasteiger charge is 1.97. The summed E-state index contributed by atoms with van der Waals surface area (Å²) < 4.78 is 0.647. The van der Waals surface area contributed by atoms with Gasteiger partial charge in [0, 0.05) is 5.75 Å². The topological polar surface area (TPSA) is 17.1 Å². The van der Waals surface area contributed by atoms with Crippen LogP contribution in [-0.2, 0) is 4.79 Å². The molecule has 0 radical (unpaired) electrons. The molecule has 0 unspecified atom stereocenters. The van der Waals surface area contributed by atoms with Crippen molar-refractivity contribution >= 4 is 39.5 Å². The zero-order valence-electron chi connectivity index (χ0n) is 6.23. The highest BCUT2D eigenvalue weighted by Crippen LogP contribution is 2.08. The van der Waals surface area contributed by atoms with Gasteiger partial charge < -0.3 is 0 Å². The maximum Gasteiger partial charge on any atom is 0.198 e. The standard InChI is InChI=1S/C7H13IOS/c1-2-3-4-5-10-7(9)6-8/h2-6H2,1H3. The van der Waals surface area contributed by atoms with E-state index in [2.05, 4.69) is 29.5 Å². The van der Waals surface area contributed by atoms with Crippen LogP contribution in [0.5, 0.6) is 0 Å². The molecule has 0 aliphatic rings. The molecule has 0 aromatic rings. The fourth-order valence-electron chi connectivity index (χ4n) is 0.577. The van der Waals surface area contributed by atoms with Gasteiger partial charge in [0.2, 0.25) is 0 Å². The van der Waals surface area contributed by atoms with E-state index in [4.69, 9.17) is 0 Å². The van der Waals surface area contributed by atoms with Gasteiger partial charge in [0.1, 0.15) is 0 Å². The fourth-order valence-corrected chi connectivity index (χ4v) is 1.89. The van der Waals surface area contributed by atoms with E-state index in [1.807, 2.05) is 0 Å². The first-order valence-electron chi connectivity index (χ1n) is 3.52. The van der Waals surface area contributed by atoms with Crippen molar-refractivity contribution in [3.05, 3.63) is 0 Å². The van der Waals surface area contributed by atoms with Crippen molar-refractivity contribution in [2.75, 3.05) is 10.2 Å². The van der Waals surface area contributed by atoms with Crippen LogP contribution >= 0.6 is 34.4 Å². The molecule has 1 nitrogen and oxygen atoms in total. The normalized spacial score (nSPS) is 9.80. The van der Waals surface area contributed by atoms with Gasteiger partial charge in [-0.05, 0) is 6.42 Å². The van der Waals surface area contributed by atoms with E-state index in [0.29, 0.717) is 9.54 Å². The van der Waals surface area contributed by atoms with E-state index in [-0.39, 0.29) is 0 Å². The predicted molar refractivity (Wildman–Crippen MR) is 55.9 cm³/mol. The second-order valence-electron chi connectivity index (χ2n) is 2.06. The Balaban J connectivity index is 2.96. The molecule has 0 rings (SSSR count). The van der Waals surface area contributed by atoms with Gasteiger partial charge in [-0.1, -0.05) is 54.1 Å². The van der Waals surface area contributed by atoms with Gasteiger partial charge >= 0.3 is 0 Å². The van der Waals surface area contributed by atoms with Crippen LogP contribution in [0.3, 0.4) is 0 Å². The third-order valence-electron chi connectivity index (χ3n) is 1.12. The first kappa shape index (κ1) is 10.8. The Morgan fingerprint density at radius 3 is 2.70 bits per heavy atom. The Kier molecular flexibility index (Phi) is 8.44. The van der Waals surface area contributed by atoms with E-state index >= 15 is 0 Å². The van der Waals surface area contributed by atoms with Crippen LogP contribution in [0.15, 0.2) is 0 Å². The number of alkyl halides is 1. The minimum absolute atomic E-state index is 0.316. The Bertz CT molecular complexity index is 95.6. The Morgan fingerprint density at radius 2 is 2.20 bits per heavy atom. The van der Waals surface area contributed by atoms with Crippen molar-refractivity contribution in [3.63, 3.8) is 0 Å². The minimum Gasteiger partial charge on any atom is -0.286 e. The first-order valence-corrected chi connectivity index (χ1v) is 6.04. The molecule has 0 amide bonds. The average Bonchev–Trinajstić information content (AvgIpc) is 1.98. The molecule has 3 heteroatoms. The molecule has 0 atom stereocenters. The summed E-state index contributed by atoms with van der Waals surface area (Å²) in [5.41, 5.74) is 0. The summed E-state index contributed by atoms with van der Waals surface area (Å²) in [5.74, 6) is 1.01. The molecular formula is C7H13IOS. The summed E-state index contributed by atoms with van der Waals surface area (Å²) >= 11 is 3.57. The number of hydrogen-bond acceptors (Lipinski definition) is 2. The Morgan fingerprint density at radius 1 is 1.50 bits per heavy atom. The number of rotatable bonds is 5. The third kappa shape index (κ3) is 6.86. The zero-order valence-corrected chi connectivity index (χ0v) is 9.20. The molecule has 0 saturated carbocycles. The molecule has 0 aromatic heterocycles. The maximum atomic E-state index is 10.7. The molecule has 0 bridgehead atoms. The van der Waals surface area contributed by atoms with E-state index in [9.17, 15) is 4.79 Å². The molecule has 60 valence electrons. The first-order chi connectivity index (χ1) is 4.81. The highest BCUT2D eigenvalue weighted by atomic mass is 127.